The summed E-state index contributed by atoms with van der Waals surface area (Å²) >= 11 is 1.85. The summed E-state index contributed by atoms with van der Waals surface area (Å²) in [5, 5.41) is 7.21. The molecule has 2 heterocycles. The molecule has 0 aliphatic rings. The van der Waals surface area contributed by atoms with Crippen molar-refractivity contribution in [1.82, 2.24) is 0 Å². The van der Waals surface area contributed by atoms with Gasteiger partial charge in [-0.3, -0.25) is 0 Å². The fourth-order valence-electron chi connectivity index (χ4n) is 7.35. The third-order valence-corrected chi connectivity index (χ3v) is 10.8. The molecule has 0 spiro atoms. The van der Waals surface area contributed by atoms with E-state index in [-0.39, 0.29) is 0 Å². The van der Waals surface area contributed by atoms with Crippen molar-refractivity contribution in [2.24, 2.45) is 0 Å². The van der Waals surface area contributed by atoms with E-state index in [1.807, 2.05) is 11.3 Å². The number of anilines is 3. The van der Waals surface area contributed by atoms with Gasteiger partial charge in [0.1, 0.15) is 11.2 Å². The standard InChI is InChI=1S/C46H29NOS/c1-2-11-30(12-3-1)31-21-23-34(24-22-31)47(35-25-26-45-39(29-35)37-16-7-9-20-44(37)49-45)41-18-8-6-15-36(41)38-17-10-19-42-46(38)40-27-32-13-4-5-14-33(32)28-43(40)48-42/h1-29H. The molecule has 0 atom stereocenters. The lowest BCUT2D eigenvalue weighted by Crippen LogP contribution is -2.11. The van der Waals surface area contributed by atoms with Crippen LogP contribution in [-0.2, 0) is 0 Å². The van der Waals surface area contributed by atoms with Crippen LogP contribution in [0.25, 0.3) is 75.1 Å². The minimum Gasteiger partial charge on any atom is -0.456 e. The minimum atomic E-state index is 0.891. The highest BCUT2D eigenvalue weighted by Crippen LogP contribution is 2.46. The molecule has 49 heavy (non-hydrogen) atoms. The van der Waals surface area contributed by atoms with Crippen LogP contribution in [0.15, 0.2) is 180 Å². The van der Waals surface area contributed by atoms with Crippen LogP contribution >= 0.6 is 11.3 Å². The van der Waals surface area contributed by atoms with Crippen LogP contribution in [0.4, 0.5) is 17.1 Å². The number of hydrogen-bond donors (Lipinski definition) is 0. The lowest BCUT2D eigenvalue weighted by molar-refractivity contribution is 0.669. The molecule has 10 aromatic rings. The largest absolute Gasteiger partial charge is 0.456 e. The number of hydrogen-bond acceptors (Lipinski definition) is 3. The van der Waals surface area contributed by atoms with E-state index in [9.17, 15) is 0 Å². The number of benzene rings is 8. The smallest absolute Gasteiger partial charge is 0.136 e. The topological polar surface area (TPSA) is 16.4 Å². The number of fused-ring (bicyclic) bond motifs is 7. The van der Waals surface area contributed by atoms with Gasteiger partial charge in [-0.1, -0.05) is 115 Å². The molecule has 2 aromatic heterocycles. The summed E-state index contributed by atoms with van der Waals surface area (Å²) in [6, 6.07) is 63.3. The summed E-state index contributed by atoms with van der Waals surface area (Å²) in [5.41, 5.74) is 9.81. The number of para-hydroxylation sites is 1. The molecule has 0 aliphatic carbocycles. The van der Waals surface area contributed by atoms with Crippen LogP contribution < -0.4 is 4.90 Å². The molecule has 0 saturated heterocycles. The lowest BCUT2D eigenvalue weighted by Gasteiger charge is -2.28. The molecule has 230 valence electrons. The molecule has 0 aliphatic heterocycles. The van der Waals surface area contributed by atoms with Crippen molar-refractivity contribution in [3.8, 4) is 22.3 Å². The van der Waals surface area contributed by atoms with Gasteiger partial charge < -0.3 is 9.32 Å². The van der Waals surface area contributed by atoms with E-state index in [1.165, 1.54) is 42.1 Å². The van der Waals surface area contributed by atoms with Crippen LogP contribution in [0, 0.1) is 0 Å². The zero-order valence-electron chi connectivity index (χ0n) is 26.5. The highest BCUT2D eigenvalue weighted by Gasteiger charge is 2.21. The second-order valence-electron chi connectivity index (χ2n) is 12.5. The molecule has 2 nitrogen and oxygen atoms in total. The third-order valence-electron chi connectivity index (χ3n) is 9.65. The molecule has 0 amide bonds. The van der Waals surface area contributed by atoms with Gasteiger partial charge in [0, 0.05) is 47.9 Å². The van der Waals surface area contributed by atoms with Gasteiger partial charge in [0.05, 0.1) is 5.69 Å². The third kappa shape index (κ3) is 4.62. The molecule has 0 saturated carbocycles. The van der Waals surface area contributed by atoms with Crippen LogP contribution in [0.1, 0.15) is 0 Å². The van der Waals surface area contributed by atoms with Crippen LogP contribution in [0.3, 0.4) is 0 Å². The van der Waals surface area contributed by atoms with Gasteiger partial charge in [0.25, 0.3) is 0 Å². The van der Waals surface area contributed by atoms with E-state index in [2.05, 4.69) is 181 Å². The van der Waals surface area contributed by atoms with E-state index < -0.39 is 0 Å². The molecule has 0 radical (unpaired) electrons. The Balaban J connectivity index is 1.21. The molecule has 0 unspecified atom stereocenters. The van der Waals surface area contributed by atoms with Crippen LogP contribution in [-0.4, -0.2) is 0 Å². The van der Waals surface area contributed by atoms with Crippen molar-refractivity contribution >= 4 is 81.3 Å². The quantitative estimate of drug-likeness (QED) is 0.186. The van der Waals surface area contributed by atoms with Gasteiger partial charge >= 0.3 is 0 Å². The highest BCUT2D eigenvalue weighted by atomic mass is 32.1. The first-order valence-corrected chi connectivity index (χ1v) is 17.4. The van der Waals surface area contributed by atoms with Gasteiger partial charge in [-0.25, -0.2) is 0 Å². The predicted molar refractivity (Wildman–Crippen MR) is 210 cm³/mol. The first-order valence-electron chi connectivity index (χ1n) is 16.6. The Morgan fingerprint density at radius 1 is 0.408 bits per heavy atom. The average molecular weight is 644 g/mol. The predicted octanol–water partition coefficient (Wildman–Crippen LogP) is 13.9. The molecule has 0 N–H and O–H groups in total. The summed E-state index contributed by atoms with van der Waals surface area (Å²) in [6.45, 7) is 0. The van der Waals surface area contributed by atoms with Crippen molar-refractivity contribution in [2.45, 2.75) is 0 Å². The molecule has 10 rings (SSSR count). The summed E-state index contributed by atoms with van der Waals surface area (Å²) < 4.78 is 9.11. The molecule has 3 heteroatoms. The maximum atomic E-state index is 6.52. The number of rotatable bonds is 5. The van der Waals surface area contributed by atoms with Crippen molar-refractivity contribution < 1.29 is 4.42 Å². The normalized spacial score (nSPS) is 11.7. The number of nitrogens with zero attached hydrogens (tertiary/aromatic N) is 1. The first kappa shape index (κ1) is 27.9. The van der Waals surface area contributed by atoms with Gasteiger partial charge in [-0.2, -0.15) is 0 Å². The number of thiophene rings is 1. The molecule has 0 bridgehead atoms. The fourth-order valence-corrected chi connectivity index (χ4v) is 8.43. The molecule has 0 fully saturated rings. The zero-order valence-corrected chi connectivity index (χ0v) is 27.3. The SMILES string of the molecule is c1ccc(-c2ccc(N(c3ccc4sc5ccccc5c4c3)c3ccccc3-c3cccc4oc5cc6ccccc6cc5c34)cc2)cc1. The summed E-state index contributed by atoms with van der Waals surface area (Å²) in [6.07, 6.45) is 0. The van der Waals surface area contributed by atoms with Gasteiger partial charge in [-0.05, 0) is 88.1 Å². The Morgan fingerprint density at radius 3 is 1.96 bits per heavy atom. The Labute approximate surface area is 287 Å². The van der Waals surface area contributed by atoms with Gasteiger partial charge in [0.15, 0.2) is 0 Å². The minimum absolute atomic E-state index is 0.891. The number of furan rings is 1. The van der Waals surface area contributed by atoms with Crippen molar-refractivity contribution in [1.29, 1.82) is 0 Å². The maximum absolute atomic E-state index is 6.52. The summed E-state index contributed by atoms with van der Waals surface area (Å²) in [5.74, 6) is 0. The second-order valence-corrected chi connectivity index (χ2v) is 13.6. The van der Waals surface area contributed by atoms with Gasteiger partial charge in [-0.15, -0.1) is 11.3 Å². The van der Waals surface area contributed by atoms with Crippen molar-refractivity contribution in [3.63, 3.8) is 0 Å². The van der Waals surface area contributed by atoms with Gasteiger partial charge in [0.2, 0.25) is 0 Å². The lowest BCUT2D eigenvalue weighted by atomic mass is 9.96. The first-order chi connectivity index (χ1) is 24.3. The highest BCUT2D eigenvalue weighted by molar-refractivity contribution is 7.25. The molecule has 8 aromatic carbocycles. The average Bonchev–Trinajstić information content (AvgIpc) is 3.72. The van der Waals surface area contributed by atoms with Crippen molar-refractivity contribution in [3.05, 3.63) is 176 Å². The molecular formula is C46H29NOS. The van der Waals surface area contributed by atoms with Crippen LogP contribution in [0.2, 0.25) is 0 Å². The van der Waals surface area contributed by atoms with Crippen molar-refractivity contribution in [2.75, 3.05) is 4.90 Å². The summed E-state index contributed by atoms with van der Waals surface area (Å²) in [4.78, 5) is 2.41. The van der Waals surface area contributed by atoms with E-state index in [1.54, 1.807) is 0 Å². The van der Waals surface area contributed by atoms with E-state index in [4.69, 9.17) is 4.42 Å². The maximum Gasteiger partial charge on any atom is 0.136 e. The van der Waals surface area contributed by atoms with E-state index in [0.717, 1.165) is 50.1 Å². The zero-order chi connectivity index (χ0) is 32.3. The van der Waals surface area contributed by atoms with E-state index >= 15 is 0 Å². The van der Waals surface area contributed by atoms with Crippen LogP contribution in [0.5, 0.6) is 0 Å². The Bertz CT molecular complexity index is 2830. The second kappa shape index (κ2) is 11.2. The Hall–Kier alpha value is -6.16. The monoisotopic (exact) mass is 643 g/mol. The Morgan fingerprint density at radius 2 is 1.08 bits per heavy atom. The molecular weight excluding hydrogens is 615 g/mol. The Kier molecular flexibility index (Phi) is 6.39. The summed E-state index contributed by atoms with van der Waals surface area (Å²) in [7, 11) is 0. The van der Waals surface area contributed by atoms with E-state index in [0.29, 0.717) is 0 Å². The fraction of sp³-hybridized carbons (Fsp3) is 0.